The van der Waals surface area contributed by atoms with E-state index >= 15 is 0 Å². The minimum atomic E-state index is 0. The fourth-order valence-electron chi connectivity index (χ4n) is 0. The zero-order valence-electron chi connectivity index (χ0n) is 5.10. The van der Waals surface area contributed by atoms with Crippen LogP contribution < -0.4 is 0 Å². The fraction of sp³-hybridized carbons (Fsp3) is 0. The number of hydrogen-bond acceptors (Lipinski definition) is 0. The van der Waals surface area contributed by atoms with Gasteiger partial charge in [-0.3, -0.25) is 0 Å². The van der Waals surface area contributed by atoms with Crippen LogP contribution in [0.1, 0.15) is 0 Å². The first kappa shape index (κ1) is 764. The minimum absolute atomic E-state index is 0. The van der Waals surface area contributed by atoms with Crippen LogP contribution in [0.15, 0.2) is 0 Å². The molecule has 0 saturated carbocycles. The Morgan fingerprint density at radius 3 is 0.231 bits per heavy atom. The molecule has 0 heterocycles. The molecule has 13 heavy (non-hydrogen) atoms. The summed E-state index contributed by atoms with van der Waals surface area (Å²) in [4.78, 5) is 0. The van der Waals surface area contributed by atoms with Gasteiger partial charge in [0.2, 0.25) is 0 Å². The Morgan fingerprint density at radius 2 is 0.231 bits per heavy atom. The van der Waals surface area contributed by atoms with E-state index in [4.69, 9.17) is 0 Å². The molecule has 0 aliphatic rings. The van der Waals surface area contributed by atoms with Crippen LogP contribution in [0.25, 0.3) is 0 Å². The molecule has 0 aromatic rings. The Labute approximate surface area is 122 Å². The van der Waals surface area contributed by atoms with E-state index in [1.807, 2.05) is 0 Å². The van der Waals surface area contributed by atoms with Crippen LogP contribution in [0.2, 0.25) is 0 Å². The topological polar surface area (TPSA) is 256 Å². The van der Waals surface area contributed by atoms with Gasteiger partial charge >= 0.3 is 73.8 Å². The Bertz CT molecular complexity index is 15.6. The fourth-order valence-corrected chi connectivity index (χ4v) is 0. The molecule has 0 rings (SSSR count). The second-order valence-electron chi connectivity index (χ2n) is 0. The van der Waals surface area contributed by atoms with E-state index in [2.05, 4.69) is 0 Å². The van der Waals surface area contributed by atoms with Crippen molar-refractivity contribution in [1.29, 1.82) is 0 Å². The normalized spacial score (nSPS) is 0. The van der Waals surface area contributed by atoms with Gasteiger partial charge in [-0.25, -0.2) is 0 Å². The van der Waals surface area contributed by atoms with Crippen molar-refractivity contribution in [3.63, 3.8) is 0 Å². The van der Waals surface area contributed by atoms with E-state index in [1.165, 1.54) is 0 Å². The van der Waals surface area contributed by atoms with Crippen molar-refractivity contribution in [2.75, 3.05) is 0 Å². The molecule has 86 valence electrons. The van der Waals surface area contributed by atoms with E-state index in [0.29, 0.717) is 0 Å². The number of rotatable bonds is 0. The maximum absolute atomic E-state index is 0. The molecule has 0 spiro atoms. The summed E-state index contributed by atoms with van der Waals surface area (Å²) >= 11 is 0. The number of hydrogen-bond donors (Lipinski definition) is 0. The molecule has 13 heteroatoms. The molecule has 2 radical (unpaired) electrons. The molecule has 9 nitrogen and oxygen atoms in total. The van der Waals surface area contributed by atoms with Gasteiger partial charge < -0.3 is 49.3 Å². The first-order valence-electron chi connectivity index (χ1n) is 0. The van der Waals surface area contributed by atoms with Gasteiger partial charge in [-0.05, 0) is 0 Å². The van der Waals surface area contributed by atoms with Crippen LogP contribution in [0.3, 0.4) is 0 Å². The van der Waals surface area contributed by atoms with Crippen molar-refractivity contribution in [1.82, 2.24) is 0 Å². The maximum Gasteiger partial charge on any atom is 7.00 e. The van der Waals surface area contributed by atoms with Crippen LogP contribution >= 0.6 is 0 Å². The third kappa shape index (κ3) is 523. The molecule has 0 aliphatic heterocycles. The van der Waals surface area contributed by atoms with Gasteiger partial charge in [0.1, 0.15) is 0 Å². The second kappa shape index (κ2) is 614. The van der Waals surface area contributed by atoms with E-state index in [1.54, 1.807) is 0 Å². The first-order chi connectivity index (χ1) is 0. The van der Waals surface area contributed by atoms with Gasteiger partial charge in [0.05, 0.1) is 0 Å². The molecule has 0 fully saturated rings. The summed E-state index contributed by atoms with van der Waals surface area (Å²) in [6.45, 7) is 0. The minimum Gasteiger partial charge on any atom is -2.00 e. The van der Waals surface area contributed by atoms with Crippen LogP contribution in [0.4, 0.5) is 0 Å². The van der Waals surface area contributed by atoms with E-state index in [-0.39, 0.29) is 123 Å². The van der Waals surface area contributed by atoms with Gasteiger partial charge in [0, 0.05) is 0 Å². The third-order valence-corrected chi connectivity index (χ3v) is 0. The Hall–Kier alpha value is 1.95. The SMILES string of the molecule is [Co+2].[Co+2].[O-2].[O-2].[O-2].[O-2].[O-2].[O-2].[O-2].[O-2].[O-2].[Tc+7].[Tc+7]. The predicted octanol–water partition coefficient (Wildman–Crippen LogP) is -1.08. The molecule has 0 unspecified atom stereocenters. The van der Waals surface area contributed by atoms with Crippen molar-refractivity contribution < 1.29 is 123 Å². The molecule has 0 atom stereocenters. The van der Waals surface area contributed by atoms with Gasteiger partial charge in [-0.1, -0.05) is 0 Å². The zero-order valence-corrected chi connectivity index (χ0v) is 10.9. The predicted molar refractivity (Wildman–Crippen MR) is 6.18 cm³/mol. The summed E-state index contributed by atoms with van der Waals surface area (Å²) in [5, 5.41) is 0. The molecule has 0 bridgehead atoms. The van der Waals surface area contributed by atoms with Gasteiger partial charge in [-0.15, -0.1) is 0 Å². The van der Waals surface area contributed by atoms with Crippen molar-refractivity contribution in [3.05, 3.63) is 0 Å². The van der Waals surface area contributed by atoms with E-state index < -0.39 is 0 Å². The van der Waals surface area contributed by atoms with E-state index in [9.17, 15) is 0 Å². The Morgan fingerprint density at radius 1 is 0.231 bits per heavy atom. The van der Waals surface area contributed by atoms with Crippen LogP contribution in [0, 0.1) is 0 Å². The summed E-state index contributed by atoms with van der Waals surface area (Å²) in [6, 6.07) is 0. The van der Waals surface area contributed by atoms with Crippen LogP contribution in [-0.4, -0.2) is 0 Å². The standard InChI is InChI=1S/2Co.9O.2Tc/q2*+2;9*-2;2*+7. The Kier molecular flexibility index (Phi) is 36100. The van der Waals surface area contributed by atoms with Crippen molar-refractivity contribution in [2.45, 2.75) is 0 Å². The van der Waals surface area contributed by atoms with Crippen LogP contribution in [-0.2, 0) is 123 Å². The molecule has 0 aliphatic carbocycles. The van der Waals surface area contributed by atoms with Crippen molar-refractivity contribution in [3.8, 4) is 0 Å². The van der Waals surface area contributed by atoms with Gasteiger partial charge in [0.15, 0.2) is 0 Å². The monoisotopic (exact) mass is 456 g/mol. The van der Waals surface area contributed by atoms with Gasteiger partial charge in [0.25, 0.3) is 0 Å². The molecular weight excluding hydrogens is 458 g/mol. The molecule has 0 amide bonds. The second-order valence-corrected chi connectivity index (χ2v) is 0. The largest absolute Gasteiger partial charge is 7.00 e. The molecular formula is Co2O9Tc2. The molecule has 0 saturated heterocycles. The average Bonchev–Trinajstić information content (AvgIpc) is 0. The summed E-state index contributed by atoms with van der Waals surface area (Å²) in [7, 11) is 0. The molecule has 0 aromatic carbocycles. The zero-order chi connectivity index (χ0) is 0. The van der Waals surface area contributed by atoms with Crippen LogP contribution in [0.5, 0.6) is 0 Å². The van der Waals surface area contributed by atoms with Crippen molar-refractivity contribution >= 4 is 0 Å². The third-order valence-electron chi connectivity index (χ3n) is 0. The summed E-state index contributed by atoms with van der Waals surface area (Å²) < 4.78 is 0. The summed E-state index contributed by atoms with van der Waals surface area (Å²) in [5.74, 6) is 0. The molecule has 0 N–H and O–H groups in total. The first-order valence-corrected chi connectivity index (χ1v) is 0. The smallest absolute Gasteiger partial charge is 2.00 e. The Balaban J connectivity index is 0. The van der Waals surface area contributed by atoms with Gasteiger partial charge in [-0.2, -0.15) is 0 Å². The summed E-state index contributed by atoms with van der Waals surface area (Å²) in [6.07, 6.45) is 0. The van der Waals surface area contributed by atoms with E-state index in [0.717, 1.165) is 0 Å². The average molecular weight is 458 g/mol. The summed E-state index contributed by atoms with van der Waals surface area (Å²) in [5.41, 5.74) is 0. The maximum atomic E-state index is 0. The quantitative estimate of drug-likeness (QED) is 0.420. The molecule has 0 aromatic heterocycles. The van der Waals surface area contributed by atoms with Crippen molar-refractivity contribution in [2.24, 2.45) is 0 Å².